The Bertz CT molecular complexity index is 227. The molecule has 0 N–H and O–H groups in total. The lowest BCUT2D eigenvalue weighted by atomic mass is 10.3. The predicted octanol–water partition coefficient (Wildman–Crippen LogP) is 6.03. The number of benzene rings is 1. The Morgan fingerprint density at radius 2 is 0.462 bits per heavy atom. The van der Waals surface area contributed by atoms with Gasteiger partial charge in [-0.1, -0.05) is 69.6 Å². The van der Waals surface area contributed by atoms with Crippen molar-refractivity contribution in [3.8, 4) is 0 Å². The molecule has 0 spiro atoms. The number of rotatable bonds is 0. The van der Waals surface area contributed by atoms with Crippen LogP contribution in [0, 0.1) is 0 Å². The molecule has 0 radical (unpaired) electrons. The minimum absolute atomic E-state index is 0. The first kappa shape index (κ1) is 14.2. The largest absolute Gasteiger partial charge is 0.147 e. The Hall–Kier alpha value is 1.25. The molecule has 0 bridgehead atoms. The summed E-state index contributed by atoms with van der Waals surface area (Å²) in [7, 11) is 0. The standard InChI is InChI=1S/C6Cl6.ClH/c7-1-2(8)4(10)6(12)5(11)3(1)9;/h;1H. The summed E-state index contributed by atoms with van der Waals surface area (Å²) in [5.41, 5.74) is 0. The third-order valence-electron chi connectivity index (χ3n) is 1.16. The SMILES string of the molecule is Cl.Clc1c(Cl)c(Cl)c(Cl)c(Cl)c1Cl. The average molecular weight is 321 g/mol. The van der Waals surface area contributed by atoms with E-state index in [-0.39, 0.29) is 42.5 Å². The summed E-state index contributed by atoms with van der Waals surface area (Å²) in [6, 6.07) is 0. The van der Waals surface area contributed by atoms with E-state index in [0.717, 1.165) is 0 Å². The van der Waals surface area contributed by atoms with E-state index in [2.05, 4.69) is 0 Å². The van der Waals surface area contributed by atoms with Crippen molar-refractivity contribution in [3.63, 3.8) is 0 Å². The highest BCUT2D eigenvalue weighted by Crippen LogP contribution is 2.45. The smallest absolute Gasteiger partial charge is 0.0810 e. The van der Waals surface area contributed by atoms with Crippen LogP contribution < -0.4 is 0 Å². The molecule has 0 fully saturated rings. The van der Waals surface area contributed by atoms with Crippen molar-refractivity contribution in [2.24, 2.45) is 0 Å². The van der Waals surface area contributed by atoms with E-state index in [9.17, 15) is 0 Å². The molecule has 0 amide bonds. The van der Waals surface area contributed by atoms with Crippen molar-refractivity contribution >= 4 is 82.0 Å². The average Bonchev–Trinajstić information content (AvgIpc) is 2.08. The maximum Gasteiger partial charge on any atom is 0.0810 e. The monoisotopic (exact) mass is 318 g/mol. The summed E-state index contributed by atoms with van der Waals surface area (Å²) in [5, 5.41) is 0.654. The van der Waals surface area contributed by atoms with E-state index >= 15 is 0 Å². The van der Waals surface area contributed by atoms with Gasteiger partial charge in [0.25, 0.3) is 0 Å². The molecule has 0 nitrogen and oxygen atoms in total. The fourth-order valence-corrected chi connectivity index (χ4v) is 2.00. The Kier molecular flexibility index (Phi) is 5.88. The lowest BCUT2D eigenvalue weighted by Gasteiger charge is -2.06. The summed E-state index contributed by atoms with van der Waals surface area (Å²) in [6.45, 7) is 0. The maximum absolute atomic E-state index is 5.67. The molecule has 0 saturated heterocycles. The molecule has 0 saturated carbocycles. The van der Waals surface area contributed by atoms with Gasteiger partial charge < -0.3 is 0 Å². The molecule has 0 aliphatic heterocycles. The highest BCUT2D eigenvalue weighted by Gasteiger charge is 2.17. The van der Waals surface area contributed by atoms with Gasteiger partial charge >= 0.3 is 0 Å². The lowest BCUT2D eigenvalue weighted by Crippen LogP contribution is -1.79. The van der Waals surface area contributed by atoms with Gasteiger partial charge in [0.1, 0.15) is 0 Å². The molecule has 0 aromatic heterocycles. The molecule has 0 atom stereocenters. The minimum atomic E-state index is 0. The quantitative estimate of drug-likeness (QED) is 0.404. The first-order valence-corrected chi connectivity index (χ1v) is 4.90. The zero-order valence-corrected chi connectivity index (χ0v) is 11.0. The van der Waals surface area contributed by atoms with E-state index < -0.39 is 0 Å². The molecule has 0 heterocycles. The van der Waals surface area contributed by atoms with Gasteiger partial charge in [-0.05, 0) is 0 Å². The summed E-state index contributed by atoms with van der Waals surface area (Å²) in [4.78, 5) is 0. The van der Waals surface area contributed by atoms with Crippen LogP contribution in [0.5, 0.6) is 0 Å². The van der Waals surface area contributed by atoms with E-state index in [0.29, 0.717) is 0 Å². The van der Waals surface area contributed by atoms with Gasteiger partial charge in [0.05, 0.1) is 30.1 Å². The van der Waals surface area contributed by atoms with Crippen LogP contribution in [0.3, 0.4) is 0 Å². The zero-order chi connectivity index (χ0) is 9.46. The van der Waals surface area contributed by atoms with Crippen LogP contribution in [0.4, 0.5) is 0 Å². The fraction of sp³-hybridized carbons (Fsp3) is 0. The van der Waals surface area contributed by atoms with E-state index in [1.165, 1.54) is 0 Å². The van der Waals surface area contributed by atoms with Crippen LogP contribution in [0.25, 0.3) is 0 Å². The second kappa shape index (κ2) is 5.37. The topological polar surface area (TPSA) is 0 Å². The van der Waals surface area contributed by atoms with Gasteiger partial charge in [-0.2, -0.15) is 0 Å². The van der Waals surface area contributed by atoms with Gasteiger partial charge in [0.2, 0.25) is 0 Å². The maximum atomic E-state index is 5.67. The van der Waals surface area contributed by atoms with Crippen molar-refractivity contribution in [2.45, 2.75) is 0 Å². The van der Waals surface area contributed by atoms with Crippen LogP contribution in [0.15, 0.2) is 0 Å². The Balaban J connectivity index is 0.00000144. The van der Waals surface area contributed by atoms with Crippen molar-refractivity contribution in [3.05, 3.63) is 30.1 Å². The van der Waals surface area contributed by atoms with E-state index in [4.69, 9.17) is 69.6 Å². The Morgan fingerprint density at radius 3 is 0.538 bits per heavy atom. The molecular weight excluding hydrogens is 320 g/mol. The molecule has 0 unspecified atom stereocenters. The normalized spacial score (nSPS) is 9.69. The van der Waals surface area contributed by atoms with Crippen LogP contribution in [0.1, 0.15) is 0 Å². The number of hydrogen-bond donors (Lipinski definition) is 0. The van der Waals surface area contributed by atoms with Crippen molar-refractivity contribution in [1.29, 1.82) is 0 Å². The molecule has 74 valence electrons. The molecular formula is C6HCl7. The molecule has 1 aromatic carbocycles. The number of halogens is 7. The molecule has 1 aromatic rings. The van der Waals surface area contributed by atoms with E-state index in [1.807, 2.05) is 0 Å². The Labute approximate surface area is 111 Å². The third-order valence-corrected chi connectivity index (χ3v) is 4.00. The van der Waals surface area contributed by atoms with Crippen LogP contribution in [0.2, 0.25) is 30.1 Å². The van der Waals surface area contributed by atoms with Crippen LogP contribution in [-0.2, 0) is 0 Å². The van der Waals surface area contributed by atoms with Gasteiger partial charge in [0, 0.05) is 0 Å². The first-order chi connectivity index (χ1) is 5.46. The van der Waals surface area contributed by atoms with Gasteiger partial charge in [-0.3, -0.25) is 0 Å². The highest BCUT2D eigenvalue weighted by molar-refractivity contribution is 6.59. The first-order valence-electron chi connectivity index (χ1n) is 2.63. The molecule has 0 aliphatic rings. The van der Waals surface area contributed by atoms with Crippen molar-refractivity contribution < 1.29 is 0 Å². The second-order valence-corrected chi connectivity index (χ2v) is 4.15. The fourth-order valence-electron chi connectivity index (χ4n) is 0.578. The molecule has 13 heavy (non-hydrogen) atoms. The summed E-state index contributed by atoms with van der Waals surface area (Å²) >= 11 is 34.0. The van der Waals surface area contributed by atoms with Crippen LogP contribution >= 0.6 is 82.0 Å². The predicted molar refractivity (Wildman–Crippen MR) is 63.8 cm³/mol. The third kappa shape index (κ3) is 2.63. The van der Waals surface area contributed by atoms with Gasteiger partial charge in [-0.25, -0.2) is 0 Å². The van der Waals surface area contributed by atoms with Gasteiger partial charge in [-0.15, -0.1) is 12.4 Å². The second-order valence-electron chi connectivity index (χ2n) is 1.88. The molecule has 1 rings (SSSR count). The van der Waals surface area contributed by atoms with Crippen LogP contribution in [-0.4, -0.2) is 0 Å². The lowest BCUT2D eigenvalue weighted by molar-refractivity contribution is 1.69. The van der Waals surface area contributed by atoms with Crippen molar-refractivity contribution in [2.75, 3.05) is 0 Å². The highest BCUT2D eigenvalue weighted by atomic mass is 35.5. The Morgan fingerprint density at radius 1 is 0.385 bits per heavy atom. The van der Waals surface area contributed by atoms with Gasteiger partial charge in [0.15, 0.2) is 0 Å². The summed E-state index contributed by atoms with van der Waals surface area (Å²) in [5.74, 6) is 0. The zero-order valence-electron chi connectivity index (χ0n) is 5.68. The molecule has 7 heteroatoms. The minimum Gasteiger partial charge on any atom is -0.147 e. The van der Waals surface area contributed by atoms with Crippen molar-refractivity contribution in [1.82, 2.24) is 0 Å². The summed E-state index contributed by atoms with van der Waals surface area (Å²) in [6.07, 6.45) is 0. The molecule has 0 aliphatic carbocycles. The number of hydrogen-bond acceptors (Lipinski definition) is 0. The van der Waals surface area contributed by atoms with E-state index in [1.54, 1.807) is 0 Å². The summed E-state index contributed by atoms with van der Waals surface area (Å²) < 4.78 is 0.